The number of nitro benzene ring substituents is 1. The van der Waals surface area contributed by atoms with Crippen molar-refractivity contribution in [3.05, 3.63) is 51.3 Å². The number of aromatic carboxylic acids is 1. The molecule has 21 heavy (non-hydrogen) atoms. The Bertz CT molecular complexity index is 730. The van der Waals surface area contributed by atoms with Crippen LogP contribution >= 0.6 is 0 Å². The number of rotatable bonds is 4. The van der Waals surface area contributed by atoms with E-state index in [9.17, 15) is 14.9 Å². The molecule has 0 unspecified atom stereocenters. The minimum Gasteiger partial charge on any atom is -0.477 e. The van der Waals surface area contributed by atoms with Crippen molar-refractivity contribution in [3.8, 4) is 11.8 Å². The molecule has 0 aliphatic heterocycles. The molecule has 2 aromatic rings. The van der Waals surface area contributed by atoms with E-state index in [0.717, 1.165) is 0 Å². The first-order valence-corrected chi connectivity index (χ1v) is 5.88. The van der Waals surface area contributed by atoms with Gasteiger partial charge in [0.1, 0.15) is 5.75 Å². The van der Waals surface area contributed by atoms with E-state index in [1.54, 1.807) is 13.8 Å². The lowest BCUT2D eigenvalue weighted by molar-refractivity contribution is -0.385. The highest BCUT2D eigenvalue weighted by Crippen LogP contribution is 2.29. The maximum Gasteiger partial charge on any atom is 0.354 e. The fourth-order valence-corrected chi connectivity index (χ4v) is 1.69. The molecule has 0 aliphatic rings. The molecule has 0 saturated heterocycles. The van der Waals surface area contributed by atoms with Crippen molar-refractivity contribution < 1.29 is 19.6 Å². The molecule has 1 aromatic carbocycles. The van der Waals surface area contributed by atoms with Crippen LogP contribution in [0.1, 0.15) is 21.6 Å². The summed E-state index contributed by atoms with van der Waals surface area (Å²) in [6, 6.07) is 3.98. The number of carbonyl (C=O) groups is 1. The molecule has 0 fully saturated rings. The van der Waals surface area contributed by atoms with E-state index < -0.39 is 10.9 Å². The van der Waals surface area contributed by atoms with Gasteiger partial charge in [-0.25, -0.2) is 9.78 Å². The maximum atomic E-state index is 10.8. The molecule has 8 nitrogen and oxygen atoms in total. The minimum atomic E-state index is -1.20. The molecule has 2 rings (SSSR count). The van der Waals surface area contributed by atoms with Gasteiger partial charge in [0.2, 0.25) is 0 Å². The molecule has 108 valence electrons. The lowest BCUT2D eigenvalue weighted by Gasteiger charge is -2.08. The molecule has 0 spiro atoms. The van der Waals surface area contributed by atoms with Crippen molar-refractivity contribution in [1.82, 2.24) is 9.97 Å². The summed E-state index contributed by atoms with van der Waals surface area (Å²) in [6.45, 7) is 3.22. The monoisotopic (exact) mass is 289 g/mol. The molecule has 0 radical (unpaired) electrons. The summed E-state index contributed by atoms with van der Waals surface area (Å²) in [5.74, 6) is -0.862. The number of aromatic nitrogens is 2. The summed E-state index contributed by atoms with van der Waals surface area (Å²) >= 11 is 0. The van der Waals surface area contributed by atoms with Crippen molar-refractivity contribution in [3.63, 3.8) is 0 Å². The number of carboxylic acids is 1. The minimum absolute atomic E-state index is 0.0138. The Morgan fingerprint density at radius 2 is 2.05 bits per heavy atom. The van der Waals surface area contributed by atoms with Crippen LogP contribution in [0, 0.1) is 24.0 Å². The molecule has 8 heteroatoms. The van der Waals surface area contributed by atoms with Gasteiger partial charge in [-0.1, -0.05) is 0 Å². The fraction of sp³-hybridized carbons (Fsp3) is 0.154. The van der Waals surface area contributed by atoms with Crippen molar-refractivity contribution in [2.75, 3.05) is 0 Å². The van der Waals surface area contributed by atoms with E-state index in [2.05, 4.69) is 9.97 Å². The van der Waals surface area contributed by atoms with Gasteiger partial charge in [-0.2, -0.15) is 4.98 Å². The van der Waals surface area contributed by atoms with Crippen molar-refractivity contribution in [2.45, 2.75) is 13.8 Å². The Kier molecular flexibility index (Phi) is 3.79. The van der Waals surface area contributed by atoms with Crippen LogP contribution in [0.5, 0.6) is 11.8 Å². The molecule has 0 atom stereocenters. The first-order chi connectivity index (χ1) is 9.88. The molecular formula is C13H11N3O5. The fourth-order valence-electron chi connectivity index (χ4n) is 1.69. The number of benzene rings is 1. The molecule has 0 saturated carbocycles. The smallest absolute Gasteiger partial charge is 0.354 e. The molecule has 0 amide bonds. The normalized spacial score (nSPS) is 10.2. The maximum absolute atomic E-state index is 10.8. The van der Waals surface area contributed by atoms with Gasteiger partial charge < -0.3 is 9.84 Å². The first-order valence-electron chi connectivity index (χ1n) is 5.88. The number of carboxylic acid groups (broad SMARTS) is 1. The van der Waals surface area contributed by atoms with E-state index in [-0.39, 0.29) is 17.4 Å². The molecule has 1 heterocycles. The largest absolute Gasteiger partial charge is 0.477 e. The average Bonchev–Trinajstić information content (AvgIpc) is 2.42. The van der Waals surface area contributed by atoms with Crippen LogP contribution in [-0.2, 0) is 0 Å². The molecule has 1 aromatic heterocycles. The van der Waals surface area contributed by atoms with Crippen molar-refractivity contribution in [2.24, 2.45) is 0 Å². The van der Waals surface area contributed by atoms with Crippen LogP contribution in [0.15, 0.2) is 24.4 Å². The molecule has 0 bridgehead atoms. The van der Waals surface area contributed by atoms with Gasteiger partial charge in [-0.15, -0.1) is 0 Å². The lowest BCUT2D eigenvalue weighted by atomic mass is 10.1. The van der Waals surface area contributed by atoms with E-state index in [1.807, 2.05) is 0 Å². The van der Waals surface area contributed by atoms with Crippen LogP contribution in [-0.4, -0.2) is 26.0 Å². The Hall–Kier alpha value is -3.03. The van der Waals surface area contributed by atoms with Crippen LogP contribution in [0.25, 0.3) is 0 Å². The zero-order valence-electron chi connectivity index (χ0n) is 11.2. The highest BCUT2D eigenvalue weighted by Gasteiger charge is 2.15. The summed E-state index contributed by atoms with van der Waals surface area (Å²) in [6.07, 6.45) is 1.26. The van der Waals surface area contributed by atoms with Gasteiger partial charge in [0.05, 0.1) is 4.92 Å². The Balaban J connectivity index is 2.36. The molecule has 1 N–H and O–H groups in total. The second-order valence-electron chi connectivity index (χ2n) is 4.29. The number of hydrogen-bond acceptors (Lipinski definition) is 6. The SMILES string of the molecule is Cc1cc([N+](=O)[O-])c(C)cc1Oc1nccc(C(=O)O)n1. The quantitative estimate of drug-likeness (QED) is 0.678. The molecular weight excluding hydrogens is 278 g/mol. The van der Waals surface area contributed by atoms with E-state index in [1.165, 1.54) is 24.4 Å². The van der Waals surface area contributed by atoms with Crippen LogP contribution in [0.4, 0.5) is 5.69 Å². The standard InChI is InChI=1S/C13H11N3O5/c1-7-6-11(8(2)5-10(7)16(19)20)21-13-14-4-3-9(15-13)12(17)18/h3-6H,1-2H3,(H,17,18). The third kappa shape index (κ3) is 3.11. The third-order valence-electron chi connectivity index (χ3n) is 2.74. The predicted molar refractivity (Wildman–Crippen MR) is 71.6 cm³/mol. The summed E-state index contributed by atoms with van der Waals surface area (Å²) < 4.78 is 5.41. The Labute approximate surface area is 119 Å². The summed E-state index contributed by atoms with van der Waals surface area (Å²) in [5.41, 5.74) is 0.739. The first kappa shape index (κ1) is 14.4. The lowest BCUT2D eigenvalue weighted by Crippen LogP contribution is -2.03. The number of nitrogens with zero attached hydrogens (tertiary/aromatic N) is 3. The van der Waals surface area contributed by atoms with Crippen LogP contribution in [0.3, 0.4) is 0 Å². The zero-order chi connectivity index (χ0) is 15.6. The average molecular weight is 289 g/mol. The number of hydrogen-bond donors (Lipinski definition) is 1. The highest BCUT2D eigenvalue weighted by atomic mass is 16.6. The van der Waals surface area contributed by atoms with Gasteiger partial charge in [0.15, 0.2) is 5.69 Å². The topological polar surface area (TPSA) is 115 Å². The van der Waals surface area contributed by atoms with Gasteiger partial charge in [0.25, 0.3) is 5.69 Å². The number of aryl methyl sites for hydroxylation is 2. The van der Waals surface area contributed by atoms with Gasteiger partial charge in [-0.05, 0) is 31.5 Å². The third-order valence-corrected chi connectivity index (χ3v) is 2.74. The second-order valence-corrected chi connectivity index (χ2v) is 4.29. The van der Waals surface area contributed by atoms with E-state index in [0.29, 0.717) is 16.9 Å². The van der Waals surface area contributed by atoms with Crippen LogP contribution in [0.2, 0.25) is 0 Å². The Morgan fingerprint density at radius 3 is 2.67 bits per heavy atom. The van der Waals surface area contributed by atoms with Crippen molar-refractivity contribution in [1.29, 1.82) is 0 Å². The number of nitro groups is 1. The van der Waals surface area contributed by atoms with Crippen molar-refractivity contribution >= 4 is 11.7 Å². The number of ether oxygens (including phenoxy) is 1. The van der Waals surface area contributed by atoms with E-state index in [4.69, 9.17) is 9.84 Å². The molecule has 0 aliphatic carbocycles. The van der Waals surface area contributed by atoms with Crippen LogP contribution < -0.4 is 4.74 Å². The summed E-state index contributed by atoms with van der Waals surface area (Å²) in [4.78, 5) is 28.7. The predicted octanol–water partition coefficient (Wildman–Crippen LogP) is 2.49. The Morgan fingerprint density at radius 1 is 1.33 bits per heavy atom. The second kappa shape index (κ2) is 5.53. The summed E-state index contributed by atoms with van der Waals surface area (Å²) in [5, 5.41) is 19.7. The van der Waals surface area contributed by atoms with E-state index >= 15 is 0 Å². The van der Waals surface area contributed by atoms with Gasteiger partial charge in [0, 0.05) is 17.8 Å². The van der Waals surface area contributed by atoms with Gasteiger partial charge >= 0.3 is 12.0 Å². The highest BCUT2D eigenvalue weighted by molar-refractivity contribution is 5.85. The zero-order valence-corrected chi connectivity index (χ0v) is 11.2. The summed E-state index contributed by atoms with van der Waals surface area (Å²) in [7, 11) is 0. The van der Waals surface area contributed by atoms with Gasteiger partial charge in [-0.3, -0.25) is 10.1 Å².